The minimum absolute atomic E-state index is 0.446. The molecule has 3 fully saturated rings. The Bertz CT molecular complexity index is 804. The zero-order valence-corrected chi connectivity index (χ0v) is 19.9. The van der Waals surface area contributed by atoms with Gasteiger partial charge in [0.15, 0.2) is 5.11 Å². The van der Waals surface area contributed by atoms with Crippen LogP contribution in [0.5, 0.6) is 0 Å². The van der Waals surface area contributed by atoms with E-state index in [1.165, 1.54) is 49.8 Å². The second kappa shape index (κ2) is 9.08. The number of nitrogens with zero attached hydrogens (tertiary/aromatic N) is 3. The molecule has 0 saturated heterocycles. The van der Waals surface area contributed by atoms with Crippen LogP contribution in [0.1, 0.15) is 75.5 Å². The number of aryl methyl sites for hydroxylation is 1. The Kier molecular flexibility index (Phi) is 6.22. The van der Waals surface area contributed by atoms with Crippen LogP contribution in [-0.2, 0) is 12.8 Å². The van der Waals surface area contributed by atoms with Crippen LogP contribution in [0.2, 0.25) is 0 Å². The van der Waals surface area contributed by atoms with Gasteiger partial charge in [-0.15, -0.1) is 0 Å². The van der Waals surface area contributed by atoms with Gasteiger partial charge in [-0.1, -0.05) is 6.42 Å². The summed E-state index contributed by atoms with van der Waals surface area (Å²) in [6, 6.07) is 1.55. The summed E-state index contributed by atoms with van der Waals surface area (Å²) >= 11 is 5.65. The summed E-state index contributed by atoms with van der Waals surface area (Å²) in [6.07, 6.45) is 14.8. The summed E-state index contributed by atoms with van der Waals surface area (Å²) in [5.41, 5.74) is 2.60. The molecule has 5 rings (SSSR count). The average molecular weight is 443 g/mol. The maximum atomic E-state index is 5.65. The molecule has 3 saturated carbocycles. The Morgan fingerprint density at radius 2 is 1.68 bits per heavy atom. The molecule has 6 nitrogen and oxygen atoms in total. The highest BCUT2D eigenvalue weighted by Gasteiger charge is 2.39. The number of fused-ring (bicyclic) bond motifs is 3. The molecule has 31 heavy (non-hydrogen) atoms. The highest BCUT2D eigenvalue weighted by molar-refractivity contribution is 7.80. The van der Waals surface area contributed by atoms with Crippen molar-refractivity contribution in [3.63, 3.8) is 0 Å². The van der Waals surface area contributed by atoms with E-state index in [0.29, 0.717) is 18.1 Å². The Balaban J connectivity index is 1.12. The normalized spacial score (nSPS) is 31.7. The Labute approximate surface area is 192 Å². The number of thiocarbonyl (C=S) groups is 1. The molecule has 4 aliphatic rings. The molecule has 0 spiro atoms. The Morgan fingerprint density at radius 1 is 0.903 bits per heavy atom. The lowest BCUT2D eigenvalue weighted by molar-refractivity contribution is 0.369. The van der Waals surface area contributed by atoms with E-state index >= 15 is 0 Å². The van der Waals surface area contributed by atoms with Crippen LogP contribution in [0.15, 0.2) is 0 Å². The van der Waals surface area contributed by atoms with Crippen LogP contribution in [-0.4, -0.2) is 47.3 Å². The van der Waals surface area contributed by atoms with Crippen molar-refractivity contribution in [1.29, 1.82) is 0 Å². The zero-order valence-electron chi connectivity index (χ0n) is 19.1. The largest absolute Gasteiger partial charge is 0.362 e. The summed E-state index contributed by atoms with van der Waals surface area (Å²) in [5.74, 6) is 3.72. The number of nitrogens with one attached hydrogen (secondary N) is 3. The molecule has 2 bridgehead atoms. The van der Waals surface area contributed by atoms with Crippen molar-refractivity contribution in [2.75, 3.05) is 24.3 Å². The first-order valence-electron chi connectivity index (χ1n) is 12.5. The molecule has 3 N–H and O–H groups in total. The van der Waals surface area contributed by atoms with Crippen LogP contribution >= 0.6 is 12.2 Å². The lowest BCUT2D eigenvalue weighted by Crippen LogP contribution is -2.49. The molecular formula is C24H38N6S. The quantitative estimate of drug-likeness (QED) is 0.600. The maximum absolute atomic E-state index is 5.65. The van der Waals surface area contributed by atoms with Gasteiger partial charge in [0.05, 0.1) is 5.69 Å². The molecule has 1 heterocycles. The zero-order chi connectivity index (χ0) is 21.4. The average Bonchev–Trinajstić information content (AvgIpc) is 3.37. The summed E-state index contributed by atoms with van der Waals surface area (Å²) in [7, 11) is 4.18. The fourth-order valence-corrected chi connectivity index (χ4v) is 6.71. The molecule has 0 radical (unpaired) electrons. The van der Waals surface area contributed by atoms with Gasteiger partial charge >= 0.3 is 0 Å². The highest BCUT2D eigenvalue weighted by Crippen LogP contribution is 2.44. The second-order valence-electron chi connectivity index (χ2n) is 10.5. The molecule has 0 aromatic carbocycles. The molecular weight excluding hydrogens is 404 g/mol. The maximum Gasteiger partial charge on any atom is 0.225 e. The van der Waals surface area contributed by atoms with Crippen LogP contribution in [0.25, 0.3) is 0 Å². The van der Waals surface area contributed by atoms with E-state index in [9.17, 15) is 0 Å². The van der Waals surface area contributed by atoms with Crippen molar-refractivity contribution in [1.82, 2.24) is 20.6 Å². The molecule has 0 amide bonds. The highest BCUT2D eigenvalue weighted by atomic mass is 32.1. The molecule has 1 aromatic heterocycles. The van der Waals surface area contributed by atoms with Gasteiger partial charge in [0.1, 0.15) is 5.82 Å². The molecule has 3 atom stereocenters. The van der Waals surface area contributed by atoms with Crippen molar-refractivity contribution in [3.05, 3.63) is 11.3 Å². The molecule has 4 aliphatic carbocycles. The molecule has 0 aliphatic heterocycles. The number of hydrogen-bond donors (Lipinski definition) is 3. The summed E-state index contributed by atoms with van der Waals surface area (Å²) < 4.78 is 0. The Morgan fingerprint density at radius 3 is 2.39 bits per heavy atom. The third-order valence-corrected chi connectivity index (χ3v) is 8.27. The molecule has 1 unspecified atom stereocenters. The third-order valence-electron chi connectivity index (χ3n) is 8.04. The lowest BCUT2D eigenvalue weighted by atomic mass is 9.91. The van der Waals surface area contributed by atoms with Crippen LogP contribution < -0.4 is 20.9 Å². The van der Waals surface area contributed by atoms with E-state index in [0.717, 1.165) is 67.2 Å². The molecule has 7 heteroatoms. The monoisotopic (exact) mass is 442 g/mol. The van der Waals surface area contributed by atoms with Gasteiger partial charge in [-0.3, -0.25) is 0 Å². The minimum atomic E-state index is 0.446. The topological polar surface area (TPSA) is 65.1 Å². The van der Waals surface area contributed by atoms with Gasteiger partial charge in [-0.25, -0.2) is 4.98 Å². The molecule has 170 valence electrons. The number of rotatable bonds is 5. The standard InChI is InChI=1S/C24H38N6S/c1-30(2)22-19-5-3-4-6-20(19)27-23(29-22)25-17-9-11-18(12-10-17)26-24(31)28-21-14-15-7-8-16(21)13-15/h15-18,21H,3-14H2,1-2H3,(H,25,27,29)(H2,26,28,31)/t15-,16+,17?,18?,21?/m1/s1. The van der Waals surface area contributed by atoms with Crippen molar-refractivity contribution < 1.29 is 0 Å². The van der Waals surface area contributed by atoms with Crippen molar-refractivity contribution in [3.8, 4) is 0 Å². The van der Waals surface area contributed by atoms with E-state index in [1.54, 1.807) is 0 Å². The van der Waals surface area contributed by atoms with E-state index in [4.69, 9.17) is 22.2 Å². The van der Waals surface area contributed by atoms with Gasteiger partial charge in [0, 0.05) is 37.8 Å². The SMILES string of the molecule is CN(C)c1nc(NC2CCC(NC(=S)NC3C[C@@H]4CC[C@H]3C4)CC2)nc2c1CCCC2. The van der Waals surface area contributed by atoms with Crippen molar-refractivity contribution in [2.24, 2.45) is 11.8 Å². The fourth-order valence-electron chi connectivity index (χ4n) is 6.39. The number of anilines is 2. The van der Waals surface area contributed by atoms with Gasteiger partial charge in [0.2, 0.25) is 5.95 Å². The van der Waals surface area contributed by atoms with Crippen molar-refractivity contribution in [2.45, 2.75) is 95.2 Å². The van der Waals surface area contributed by atoms with Crippen LogP contribution in [0.3, 0.4) is 0 Å². The predicted octanol–water partition coefficient (Wildman–Crippen LogP) is 3.80. The minimum Gasteiger partial charge on any atom is -0.362 e. The summed E-state index contributed by atoms with van der Waals surface area (Å²) in [4.78, 5) is 11.9. The Hall–Kier alpha value is -1.63. The van der Waals surface area contributed by atoms with Gasteiger partial charge in [-0.05, 0) is 94.7 Å². The number of aromatic nitrogens is 2. The van der Waals surface area contributed by atoms with E-state index < -0.39 is 0 Å². The number of hydrogen-bond acceptors (Lipinski definition) is 5. The summed E-state index contributed by atoms with van der Waals surface area (Å²) in [6.45, 7) is 0. The van der Waals surface area contributed by atoms with E-state index in [-0.39, 0.29) is 0 Å². The second-order valence-corrected chi connectivity index (χ2v) is 10.9. The summed E-state index contributed by atoms with van der Waals surface area (Å²) in [5, 5.41) is 11.8. The molecule has 1 aromatic rings. The van der Waals surface area contributed by atoms with Gasteiger partial charge in [-0.2, -0.15) is 4.98 Å². The third kappa shape index (κ3) is 4.76. The van der Waals surface area contributed by atoms with E-state index in [1.807, 2.05) is 0 Å². The first-order chi connectivity index (χ1) is 15.0. The smallest absolute Gasteiger partial charge is 0.225 e. The van der Waals surface area contributed by atoms with Crippen LogP contribution in [0, 0.1) is 11.8 Å². The first-order valence-corrected chi connectivity index (χ1v) is 12.9. The first kappa shape index (κ1) is 21.2. The van der Waals surface area contributed by atoms with E-state index in [2.05, 4.69) is 34.9 Å². The fraction of sp³-hybridized carbons (Fsp3) is 0.792. The lowest BCUT2D eigenvalue weighted by Gasteiger charge is -2.32. The predicted molar refractivity (Wildman–Crippen MR) is 131 cm³/mol. The van der Waals surface area contributed by atoms with Gasteiger partial charge < -0.3 is 20.9 Å². The van der Waals surface area contributed by atoms with Crippen LogP contribution in [0.4, 0.5) is 11.8 Å². The van der Waals surface area contributed by atoms with Crippen molar-refractivity contribution >= 4 is 29.1 Å². The van der Waals surface area contributed by atoms with Gasteiger partial charge in [0.25, 0.3) is 0 Å².